The number of rotatable bonds is 6. The molecule has 0 aromatic rings. The minimum Gasteiger partial charge on any atom is -0.352 e. The fraction of sp³-hybridized carbons (Fsp3) is 0.923. The van der Waals surface area contributed by atoms with Crippen molar-refractivity contribution in [1.82, 2.24) is 10.6 Å². The van der Waals surface area contributed by atoms with Crippen molar-refractivity contribution in [3.8, 4) is 0 Å². The molecule has 1 heterocycles. The fourth-order valence-electron chi connectivity index (χ4n) is 2.27. The molecular formula is C13H26N2O. The van der Waals surface area contributed by atoms with Gasteiger partial charge in [0.05, 0.1) is 0 Å². The Hall–Kier alpha value is -0.570. The van der Waals surface area contributed by atoms with E-state index in [9.17, 15) is 4.79 Å². The van der Waals surface area contributed by atoms with Gasteiger partial charge >= 0.3 is 0 Å². The summed E-state index contributed by atoms with van der Waals surface area (Å²) in [5.41, 5.74) is 0. The van der Waals surface area contributed by atoms with Gasteiger partial charge in [0, 0.05) is 18.5 Å². The molecule has 94 valence electrons. The second-order valence-corrected chi connectivity index (χ2v) is 4.80. The summed E-state index contributed by atoms with van der Waals surface area (Å²) in [6, 6.07) is 0.358. The predicted molar refractivity (Wildman–Crippen MR) is 67.3 cm³/mol. The van der Waals surface area contributed by atoms with Crippen LogP contribution in [-0.4, -0.2) is 25.0 Å². The van der Waals surface area contributed by atoms with E-state index in [0.717, 1.165) is 38.8 Å². The highest BCUT2D eigenvalue weighted by atomic mass is 16.1. The van der Waals surface area contributed by atoms with E-state index >= 15 is 0 Å². The van der Waals surface area contributed by atoms with Crippen LogP contribution >= 0.6 is 0 Å². The monoisotopic (exact) mass is 226 g/mol. The highest BCUT2D eigenvalue weighted by molar-refractivity contribution is 5.78. The van der Waals surface area contributed by atoms with Crippen molar-refractivity contribution in [2.24, 2.45) is 5.92 Å². The Kier molecular flexibility index (Phi) is 6.46. The summed E-state index contributed by atoms with van der Waals surface area (Å²) in [4.78, 5) is 12.0. The zero-order valence-corrected chi connectivity index (χ0v) is 10.7. The smallest absolute Gasteiger partial charge is 0.223 e. The molecule has 0 radical (unpaired) electrons. The molecule has 0 aromatic heterocycles. The largest absolute Gasteiger partial charge is 0.352 e. The normalized spacial score (nSPS) is 22.8. The maximum absolute atomic E-state index is 12.0. The lowest BCUT2D eigenvalue weighted by atomic mass is 9.97. The van der Waals surface area contributed by atoms with Gasteiger partial charge in [-0.1, -0.05) is 26.7 Å². The van der Waals surface area contributed by atoms with E-state index in [1.807, 2.05) is 0 Å². The van der Waals surface area contributed by atoms with E-state index in [2.05, 4.69) is 24.5 Å². The van der Waals surface area contributed by atoms with Crippen molar-refractivity contribution in [1.29, 1.82) is 0 Å². The van der Waals surface area contributed by atoms with Crippen LogP contribution in [0.5, 0.6) is 0 Å². The van der Waals surface area contributed by atoms with Crippen molar-refractivity contribution in [2.45, 2.75) is 58.4 Å². The minimum absolute atomic E-state index is 0.224. The van der Waals surface area contributed by atoms with Crippen LogP contribution < -0.4 is 10.6 Å². The molecule has 0 aromatic carbocycles. The number of hydrogen-bond donors (Lipinski definition) is 2. The lowest BCUT2D eigenvalue weighted by molar-refractivity contribution is -0.126. The summed E-state index contributed by atoms with van der Waals surface area (Å²) in [6.45, 7) is 6.32. The maximum atomic E-state index is 12.0. The molecule has 1 unspecified atom stereocenters. The third-order valence-electron chi connectivity index (χ3n) is 3.41. The zero-order chi connectivity index (χ0) is 11.8. The third-order valence-corrected chi connectivity index (χ3v) is 3.41. The Morgan fingerprint density at radius 3 is 2.88 bits per heavy atom. The lowest BCUT2D eigenvalue weighted by Gasteiger charge is -2.26. The standard InChI is InChI=1S/C13H26N2O/c1-3-5-7-11(4-2)13(16)15-12-8-6-9-14-10-12/h11-12,14H,3-10H2,1-2H3,(H,15,16)/t11?,12-/m1/s1. The SMILES string of the molecule is CCCCC(CC)C(=O)N[C@@H]1CCCNC1. The number of unbranched alkanes of at least 4 members (excludes halogenated alkanes) is 1. The van der Waals surface area contributed by atoms with Crippen LogP contribution in [0.15, 0.2) is 0 Å². The number of carbonyl (C=O) groups is 1. The van der Waals surface area contributed by atoms with Gasteiger partial charge in [-0.05, 0) is 32.2 Å². The average molecular weight is 226 g/mol. The topological polar surface area (TPSA) is 41.1 Å². The van der Waals surface area contributed by atoms with E-state index in [0.29, 0.717) is 6.04 Å². The van der Waals surface area contributed by atoms with E-state index in [4.69, 9.17) is 0 Å². The predicted octanol–water partition coefficient (Wildman–Crippen LogP) is 2.07. The maximum Gasteiger partial charge on any atom is 0.223 e. The number of hydrogen-bond acceptors (Lipinski definition) is 2. The molecule has 0 saturated carbocycles. The Bertz CT molecular complexity index is 200. The van der Waals surface area contributed by atoms with Gasteiger partial charge in [0.15, 0.2) is 0 Å². The molecule has 1 fully saturated rings. The fourth-order valence-corrected chi connectivity index (χ4v) is 2.27. The summed E-state index contributed by atoms with van der Waals surface area (Å²) < 4.78 is 0. The second kappa shape index (κ2) is 7.66. The van der Waals surface area contributed by atoms with E-state index in [1.54, 1.807) is 0 Å². The van der Waals surface area contributed by atoms with Crippen LogP contribution in [0, 0.1) is 5.92 Å². The minimum atomic E-state index is 0.224. The molecule has 2 N–H and O–H groups in total. The van der Waals surface area contributed by atoms with Gasteiger partial charge in [-0.25, -0.2) is 0 Å². The molecular weight excluding hydrogens is 200 g/mol. The molecule has 2 atom stereocenters. The third kappa shape index (κ3) is 4.52. The average Bonchev–Trinajstić information content (AvgIpc) is 2.31. The Labute approximate surface area is 99.4 Å². The lowest BCUT2D eigenvalue weighted by Crippen LogP contribution is -2.47. The quantitative estimate of drug-likeness (QED) is 0.728. The number of carbonyl (C=O) groups excluding carboxylic acids is 1. The van der Waals surface area contributed by atoms with Crippen molar-refractivity contribution in [3.05, 3.63) is 0 Å². The summed E-state index contributed by atoms with van der Waals surface area (Å²) >= 11 is 0. The van der Waals surface area contributed by atoms with Crippen LogP contribution in [0.25, 0.3) is 0 Å². The summed E-state index contributed by atoms with van der Waals surface area (Å²) in [5.74, 6) is 0.492. The summed E-state index contributed by atoms with van der Waals surface area (Å²) in [5, 5.41) is 6.50. The molecule has 0 bridgehead atoms. The van der Waals surface area contributed by atoms with Gasteiger partial charge in [-0.2, -0.15) is 0 Å². The first-order chi connectivity index (χ1) is 7.77. The molecule has 0 spiro atoms. The number of nitrogens with one attached hydrogen (secondary N) is 2. The van der Waals surface area contributed by atoms with Gasteiger partial charge in [0.2, 0.25) is 5.91 Å². The molecule has 1 aliphatic rings. The Balaban J connectivity index is 2.29. The molecule has 0 aliphatic carbocycles. The van der Waals surface area contributed by atoms with Crippen LogP contribution in [0.3, 0.4) is 0 Å². The molecule has 1 aliphatic heterocycles. The van der Waals surface area contributed by atoms with Gasteiger partial charge in [-0.3, -0.25) is 4.79 Å². The Morgan fingerprint density at radius 1 is 1.50 bits per heavy atom. The van der Waals surface area contributed by atoms with Gasteiger partial charge < -0.3 is 10.6 Å². The molecule has 3 heteroatoms. The van der Waals surface area contributed by atoms with E-state index in [1.165, 1.54) is 12.8 Å². The second-order valence-electron chi connectivity index (χ2n) is 4.80. The van der Waals surface area contributed by atoms with Crippen molar-refractivity contribution < 1.29 is 4.79 Å². The number of piperidine rings is 1. The van der Waals surface area contributed by atoms with Crippen molar-refractivity contribution in [2.75, 3.05) is 13.1 Å². The molecule has 1 rings (SSSR count). The number of amides is 1. The molecule has 1 saturated heterocycles. The molecule has 3 nitrogen and oxygen atoms in total. The highest BCUT2D eigenvalue weighted by Gasteiger charge is 2.20. The zero-order valence-electron chi connectivity index (χ0n) is 10.7. The van der Waals surface area contributed by atoms with Crippen LogP contribution in [0.1, 0.15) is 52.4 Å². The van der Waals surface area contributed by atoms with Crippen LogP contribution in [0.4, 0.5) is 0 Å². The van der Waals surface area contributed by atoms with Gasteiger partial charge in [0.25, 0.3) is 0 Å². The summed E-state index contributed by atoms with van der Waals surface area (Å²) in [6.07, 6.45) is 6.65. The van der Waals surface area contributed by atoms with Crippen LogP contribution in [-0.2, 0) is 4.79 Å². The first kappa shape index (κ1) is 13.5. The first-order valence-corrected chi connectivity index (χ1v) is 6.79. The summed E-state index contributed by atoms with van der Waals surface area (Å²) in [7, 11) is 0. The highest BCUT2D eigenvalue weighted by Crippen LogP contribution is 2.13. The van der Waals surface area contributed by atoms with Gasteiger partial charge in [0.1, 0.15) is 0 Å². The molecule has 16 heavy (non-hydrogen) atoms. The Morgan fingerprint density at radius 2 is 2.31 bits per heavy atom. The van der Waals surface area contributed by atoms with Crippen molar-refractivity contribution in [3.63, 3.8) is 0 Å². The van der Waals surface area contributed by atoms with Crippen LogP contribution in [0.2, 0.25) is 0 Å². The van der Waals surface area contributed by atoms with E-state index < -0.39 is 0 Å². The van der Waals surface area contributed by atoms with E-state index in [-0.39, 0.29) is 11.8 Å². The molecule has 1 amide bonds. The first-order valence-electron chi connectivity index (χ1n) is 6.79. The van der Waals surface area contributed by atoms with Crippen molar-refractivity contribution >= 4 is 5.91 Å². The van der Waals surface area contributed by atoms with Gasteiger partial charge in [-0.15, -0.1) is 0 Å².